The zero-order valence-corrected chi connectivity index (χ0v) is 22.0. The minimum absolute atomic E-state index is 0.0322. The predicted molar refractivity (Wildman–Crippen MR) is 141 cm³/mol. The van der Waals surface area contributed by atoms with E-state index in [1.165, 1.54) is 32.2 Å². The summed E-state index contributed by atoms with van der Waals surface area (Å²) in [4.78, 5) is 12.9. The van der Waals surface area contributed by atoms with E-state index in [0.717, 1.165) is 18.5 Å². The average molecular weight is 543 g/mol. The van der Waals surface area contributed by atoms with Gasteiger partial charge < -0.3 is 25.2 Å². The Hall–Kier alpha value is -3.20. The predicted octanol–water partition coefficient (Wildman–Crippen LogP) is 5.16. The van der Waals surface area contributed by atoms with E-state index in [0.29, 0.717) is 5.56 Å². The number of hydrogen-bond acceptors (Lipinski definition) is 5. The number of hydrogen-bond donors (Lipinski definition) is 3. The summed E-state index contributed by atoms with van der Waals surface area (Å²) in [6.07, 6.45) is -0.0207. The molecule has 4 atom stereocenters. The highest BCUT2D eigenvalue weighted by Gasteiger charge is 2.56. The SMILES string of the molecule is CNC(=O)c1ccc(OC[C@H](C)O)c(F)c1-c1c(Cl)c(F)cc2c1[C@H](C)[C@](c1ccccc1)(C1CCN1)O2. The van der Waals surface area contributed by atoms with Gasteiger partial charge in [0.2, 0.25) is 0 Å². The van der Waals surface area contributed by atoms with Gasteiger partial charge in [0.25, 0.3) is 5.91 Å². The van der Waals surface area contributed by atoms with Crippen molar-refractivity contribution in [2.45, 2.75) is 43.9 Å². The molecule has 1 fully saturated rings. The number of rotatable bonds is 7. The van der Waals surface area contributed by atoms with Crippen molar-refractivity contribution in [3.63, 3.8) is 0 Å². The number of nitrogens with one attached hydrogen (secondary N) is 2. The molecule has 6 nitrogen and oxygen atoms in total. The van der Waals surface area contributed by atoms with Crippen molar-refractivity contribution in [1.29, 1.82) is 0 Å². The highest BCUT2D eigenvalue weighted by Crippen LogP contribution is 2.58. The Kier molecular flexibility index (Phi) is 7.07. The van der Waals surface area contributed by atoms with E-state index in [1.54, 1.807) is 0 Å². The Morgan fingerprint density at radius 1 is 1.26 bits per heavy atom. The van der Waals surface area contributed by atoms with Gasteiger partial charge in [-0.25, -0.2) is 8.78 Å². The summed E-state index contributed by atoms with van der Waals surface area (Å²) >= 11 is 6.59. The van der Waals surface area contributed by atoms with Gasteiger partial charge in [0.05, 0.1) is 22.7 Å². The molecular weight excluding hydrogens is 514 g/mol. The largest absolute Gasteiger partial charge is 0.488 e. The number of ether oxygens (including phenoxy) is 2. The zero-order valence-electron chi connectivity index (χ0n) is 21.3. The van der Waals surface area contributed by atoms with Crippen molar-refractivity contribution in [1.82, 2.24) is 10.6 Å². The molecule has 3 N–H and O–H groups in total. The smallest absolute Gasteiger partial charge is 0.251 e. The molecule has 5 rings (SSSR count). The van der Waals surface area contributed by atoms with Crippen LogP contribution in [0.5, 0.6) is 11.5 Å². The first-order valence-electron chi connectivity index (χ1n) is 12.6. The van der Waals surface area contributed by atoms with Crippen LogP contribution in [0, 0.1) is 11.6 Å². The molecule has 3 aromatic rings. The quantitative estimate of drug-likeness (QED) is 0.384. The van der Waals surface area contributed by atoms with Crippen LogP contribution < -0.4 is 20.1 Å². The number of amides is 1. The van der Waals surface area contributed by atoms with E-state index in [4.69, 9.17) is 21.1 Å². The zero-order chi connectivity index (χ0) is 27.2. The first-order valence-corrected chi connectivity index (χ1v) is 12.9. The molecule has 0 bridgehead atoms. The Labute approximate surface area is 224 Å². The second-order valence-corrected chi connectivity index (χ2v) is 10.2. The third-order valence-corrected chi connectivity index (χ3v) is 7.82. The minimum atomic E-state index is -0.905. The minimum Gasteiger partial charge on any atom is -0.488 e. The van der Waals surface area contributed by atoms with Crippen LogP contribution in [-0.2, 0) is 5.60 Å². The molecule has 0 aliphatic carbocycles. The highest BCUT2D eigenvalue weighted by atomic mass is 35.5. The Balaban J connectivity index is 1.77. The molecule has 2 aliphatic rings. The lowest BCUT2D eigenvalue weighted by Crippen LogP contribution is -2.60. The second kappa shape index (κ2) is 10.2. The molecule has 0 radical (unpaired) electrons. The van der Waals surface area contributed by atoms with Crippen LogP contribution in [0.25, 0.3) is 11.1 Å². The number of halogens is 3. The van der Waals surface area contributed by atoms with Crippen LogP contribution >= 0.6 is 11.6 Å². The Bertz CT molecular complexity index is 1380. The topological polar surface area (TPSA) is 79.8 Å². The van der Waals surface area contributed by atoms with Crippen molar-refractivity contribution in [2.24, 2.45) is 0 Å². The van der Waals surface area contributed by atoms with Crippen molar-refractivity contribution in [3.8, 4) is 22.6 Å². The maximum absolute atomic E-state index is 16.2. The molecule has 2 aliphatic heterocycles. The van der Waals surface area contributed by atoms with Gasteiger partial charge in [-0.2, -0.15) is 0 Å². The van der Waals surface area contributed by atoms with E-state index >= 15 is 8.78 Å². The van der Waals surface area contributed by atoms with Crippen molar-refractivity contribution >= 4 is 17.5 Å². The molecule has 0 aromatic heterocycles. The molecule has 0 saturated carbocycles. The molecule has 2 heterocycles. The van der Waals surface area contributed by atoms with Crippen molar-refractivity contribution < 1.29 is 28.2 Å². The van der Waals surface area contributed by atoms with E-state index < -0.39 is 35.2 Å². The summed E-state index contributed by atoms with van der Waals surface area (Å²) in [5.74, 6) is -2.60. The van der Waals surface area contributed by atoms with Crippen LogP contribution in [0.1, 0.15) is 47.7 Å². The fourth-order valence-electron chi connectivity index (χ4n) is 5.54. The van der Waals surface area contributed by atoms with Gasteiger partial charge in [0.15, 0.2) is 17.2 Å². The van der Waals surface area contributed by atoms with Crippen molar-refractivity contribution in [3.05, 3.63) is 81.9 Å². The maximum Gasteiger partial charge on any atom is 0.251 e. The van der Waals surface area contributed by atoms with Gasteiger partial charge in [-0.3, -0.25) is 4.79 Å². The normalized spacial score (nSPS) is 22.7. The monoisotopic (exact) mass is 542 g/mol. The van der Waals surface area contributed by atoms with Crippen LogP contribution in [0.15, 0.2) is 48.5 Å². The number of aliphatic hydroxyl groups is 1. The molecule has 0 spiro atoms. The Morgan fingerprint density at radius 2 is 1.97 bits per heavy atom. The number of carbonyl (C=O) groups excluding carboxylic acids is 1. The maximum atomic E-state index is 16.2. The lowest BCUT2D eigenvalue weighted by atomic mass is 9.71. The van der Waals surface area contributed by atoms with Gasteiger partial charge in [0.1, 0.15) is 18.2 Å². The number of fused-ring (bicyclic) bond motifs is 1. The standard InChI is InChI=1S/C29H29ClF2N2O4/c1-15(35)14-37-20-10-9-18(28(36)33-3)24(27(20)32)25-23-16(2)29(22-11-12-34-22,17-7-5-4-6-8-17)38-21(23)13-19(31)26(25)30/h4-10,13,15-16,22,34-35H,11-12,14H2,1-3H3,(H,33,36)/t15-,16-,22?,29-/m0/s1. The molecule has 1 saturated heterocycles. The summed E-state index contributed by atoms with van der Waals surface area (Å²) < 4.78 is 43.7. The van der Waals surface area contributed by atoms with E-state index in [-0.39, 0.29) is 45.9 Å². The van der Waals surface area contributed by atoms with E-state index in [1.807, 2.05) is 37.3 Å². The first kappa shape index (κ1) is 26.4. The molecule has 200 valence electrons. The van der Waals surface area contributed by atoms with Gasteiger partial charge >= 0.3 is 0 Å². The molecular formula is C29H29ClF2N2O4. The lowest BCUT2D eigenvalue weighted by molar-refractivity contribution is 0.000847. The molecule has 9 heteroatoms. The average Bonchev–Trinajstić information content (AvgIpc) is 3.15. The molecule has 3 aromatic carbocycles. The van der Waals surface area contributed by atoms with Gasteiger partial charge in [-0.15, -0.1) is 0 Å². The third kappa shape index (κ3) is 4.11. The van der Waals surface area contributed by atoms with E-state index in [9.17, 15) is 9.90 Å². The second-order valence-electron chi connectivity index (χ2n) is 9.78. The van der Waals surface area contributed by atoms with Gasteiger partial charge in [-0.1, -0.05) is 48.9 Å². The third-order valence-electron chi connectivity index (χ3n) is 7.45. The van der Waals surface area contributed by atoms with Gasteiger partial charge in [-0.05, 0) is 37.6 Å². The van der Waals surface area contributed by atoms with Crippen molar-refractivity contribution in [2.75, 3.05) is 20.2 Å². The van der Waals surface area contributed by atoms with Gasteiger partial charge in [0, 0.05) is 35.7 Å². The Morgan fingerprint density at radius 3 is 2.58 bits per heavy atom. The highest BCUT2D eigenvalue weighted by molar-refractivity contribution is 6.34. The first-order chi connectivity index (χ1) is 18.2. The van der Waals surface area contributed by atoms with Crippen LogP contribution in [0.4, 0.5) is 8.78 Å². The number of benzene rings is 3. The van der Waals surface area contributed by atoms with Crippen LogP contribution in [0.2, 0.25) is 5.02 Å². The van der Waals surface area contributed by atoms with Crippen LogP contribution in [0.3, 0.4) is 0 Å². The fraction of sp³-hybridized carbons (Fsp3) is 0.345. The summed E-state index contributed by atoms with van der Waals surface area (Å²) in [6.45, 7) is 4.09. The summed E-state index contributed by atoms with van der Waals surface area (Å²) in [7, 11) is 1.42. The fourth-order valence-corrected chi connectivity index (χ4v) is 5.79. The van der Waals surface area contributed by atoms with Crippen LogP contribution in [-0.4, -0.2) is 43.4 Å². The lowest BCUT2D eigenvalue weighted by Gasteiger charge is -2.46. The van der Waals surface area contributed by atoms with E-state index in [2.05, 4.69) is 10.6 Å². The summed E-state index contributed by atoms with van der Waals surface area (Å²) in [6, 6.07) is 13.5. The number of carbonyl (C=O) groups is 1. The summed E-state index contributed by atoms with van der Waals surface area (Å²) in [5.41, 5.74) is 0.321. The molecule has 38 heavy (non-hydrogen) atoms. The summed E-state index contributed by atoms with van der Waals surface area (Å²) in [5, 5.41) is 15.3. The molecule has 1 amide bonds. The molecule has 1 unspecified atom stereocenters. The number of aliphatic hydroxyl groups excluding tert-OH is 1.